The van der Waals surface area contributed by atoms with Gasteiger partial charge >= 0.3 is 11.5 Å². The highest BCUT2D eigenvalue weighted by atomic mass is 16.5. The molecule has 16 heavy (non-hydrogen) atoms. The average Bonchev–Trinajstić information content (AvgIpc) is 3.06. The zero-order chi connectivity index (χ0) is 11.7. The van der Waals surface area contributed by atoms with Crippen LogP contribution in [0.15, 0.2) is 4.79 Å². The summed E-state index contributed by atoms with van der Waals surface area (Å²) in [5.41, 5.74) is -1.02. The van der Waals surface area contributed by atoms with Gasteiger partial charge in [-0.15, -0.1) is 10.2 Å². The highest BCUT2D eigenvalue weighted by molar-refractivity contribution is 5.86. The highest BCUT2D eigenvalue weighted by Crippen LogP contribution is 2.37. The van der Waals surface area contributed by atoms with Crippen LogP contribution in [0.1, 0.15) is 42.0 Å². The van der Waals surface area contributed by atoms with Gasteiger partial charge in [0.25, 0.3) is 0 Å². The quantitative estimate of drug-likeness (QED) is 0.544. The number of nitrogens with zero attached hydrogens (tertiary/aromatic N) is 3. The number of esters is 1. The first-order valence-electron chi connectivity index (χ1n) is 5.07. The molecule has 2 N–H and O–H groups in total. The van der Waals surface area contributed by atoms with Gasteiger partial charge in [-0.2, -0.15) is 0 Å². The van der Waals surface area contributed by atoms with Gasteiger partial charge in [-0.3, -0.25) is 4.79 Å². The lowest BCUT2D eigenvalue weighted by atomic mass is 10.4. The van der Waals surface area contributed by atoms with E-state index in [9.17, 15) is 9.59 Å². The smallest absolute Gasteiger partial charge is 0.364 e. The summed E-state index contributed by atoms with van der Waals surface area (Å²) in [4.78, 5) is 23.0. The lowest BCUT2D eigenvalue weighted by Crippen LogP contribution is -2.37. The van der Waals surface area contributed by atoms with E-state index in [1.807, 2.05) is 0 Å². The van der Waals surface area contributed by atoms with Crippen molar-refractivity contribution in [3.8, 4) is 0 Å². The molecule has 0 unspecified atom stereocenters. The first kappa shape index (κ1) is 10.6. The van der Waals surface area contributed by atoms with Gasteiger partial charge in [-0.1, -0.05) is 0 Å². The largest absolute Gasteiger partial charge is 0.461 e. The monoisotopic (exact) mass is 224 g/mol. The fourth-order valence-corrected chi connectivity index (χ4v) is 1.36. The van der Waals surface area contributed by atoms with Crippen LogP contribution in [0.2, 0.25) is 0 Å². The highest BCUT2D eigenvalue weighted by Gasteiger charge is 2.30. The molecule has 1 saturated carbocycles. The van der Waals surface area contributed by atoms with Crippen molar-refractivity contribution in [2.75, 3.05) is 12.4 Å². The van der Waals surface area contributed by atoms with Crippen molar-refractivity contribution in [2.45, 2.75) is 25.7 Å². The summed E-state index contributed by atoms with van der Waals surface area (Å²) in [6.07, 6.45) is 1.90. The van der Waals surface area contributed by atoms with Crippen LogP contribution in [-0.2, 0) is 4.74 Å². The summed E-state index contributed by atoms with van der Waals surface area (Å²) in [5.74, 6) is 5.39. The number of hydrogen-bond acceptors (Lipinski definition) is 6. The molecule has 0 bridgehead atoms. The SMILES string of the molecule is CCOC(=O)c1nnc(C2CC2)n(N)c1=O. The topological polar surface area (TPSA) is 100 Å². The Morgan fingerprint density at radius 1 is 1.56 bits per heavy atom. The van der Waals surface area contributed by atoms with E-state index < -0.39 is 11.5 Å². The van der Waals surface area contributed by atoms with Crippen LogP contribution in [-0.4, -0.2) is 27.4 Å². The number of aromatic nitrogens is 3. The van der Waals surface area contributed by atoms with E-state index >= 15 is 0 Å². The number of carbonyl (C=O) groups is 1. The maximum Gasteiger partial charge on any atom is 0.364 e. The van der Waals surface area contributed by atoms with E-state index in [1.54, 1.807) is 6.92 Å². The lowest BCUT2D eigenvalue weighted by Gasteiger charge is -2.05. The number of rotatable bonds is 3. The van der Waals surface area contributed by atoms with Crippen molar-refractivity contribution >= 4 is 5.97 Å². The second-order valence-electron chi connectivity index (χ2n) is 3.58. The molecule has 1 heterocycles. The van der Waals surface area contributed by atoms with Crippen LogP contribution in [0.3, 0.4) is 0 Å². The van der Waals surface area contributed by atoms with Gasteiger partial charge in [0.2, 0.25) is 5.69 Å². The molecule has 0 saturated heterocycles. The third kappa shape index (κ3) is 1.75. The molecule has 1 fully saturated rings. The van der Waals surface area contributed by atoms with Crippen molar-refractivity contribution in [3.05, 3.63) is 21.9 Å². The van der Waals surface area contributed by atoms with Crippen LogP contribution in [0.25, 0.3) is 0 Å². The van der Waals surface area contributed by atoms with E-state index in [0.29, 0.717) is 5.82 Å². The van der Waals surface area contributed by atoms with E-state index in [0.717, 1.165) is 17.5 Å². The Bertz CT molecular complexity index is 478. The van der Waals surface area contributed by atoms with Gasteiger partial charge in [0.1, 0.15) is 0 Å². The second-order valence-corrected chi connectivity index (χ2v) is 3.58. The summed E-state index contributed by atoms with van der Waals surface area (Å²) >= 11 is 0. The fraction of sp³-hybridized carbons (Fsp3) is 0.556. The Hall–Kier alpha value is -1.92. The molecular weight excluding hydrogens is 212 g/mol. The Balaban J connectivity index is 2.38. The minimum Gasteiger partial charge on any atom is -0.461 e. The normalized spacial score (nSPS) is 14.8. The maximum absolute atomic E-state index is 11.7. The molecular formula is C9H12N4O3. The first-order chi connectivity index (χ1) is 7.65. The van der Waals surface area contributed by atoms with E-state index in [1.165, 1.54) is 0 Å². The lowest BCUT2D eigenvalue weighted by molar-refractivity contribution is 0.0514. The van der Waals surface area contributed by atoms with Gasteiger partial charge in [0.05, 0.1) is 6.61 Å². The van der Waals surface area contributed by atoms with Crippen LogP contribution in [0, 0.1) is 0 Å². The summed E-state index contributed by atoms with van der Waals surface area (Å²) in [6, 6.07) is 0. The molecule has 0 amide bonds. The number of nitrogens with two attached hydrogens (primary N) is 1. The zero-order valence-electron chi connectivity index (χ0n) is 8.84. The zero-order valence-corrected chi connectivity index (χ0v) is 8.84. The molecule has 0 spiro atoms. The summed E-state index contributed by atoms with van der Waals surface area (Å²) in [5, 5.41) is 7.37. The van der Waals surface area contributed by atoms with E-state index in [4.69, 9.17) is 5.84 Å². The summed E-state index contributed by atoms with van der Waals surface area (Å²) < 4.78 is 5.56. The van der Waals surface area contributed by atoms with Crippen molar-refractivity contribution in [3.63, 3.8) is 0 Å². The van der Waals surface area contributed by atoms with Crippen LogP contribution in [0.5, 0.6) is 0 Å². The van der Waals surface area contributed by atoms with Crippen LogP contribution in [0.4, 0.5) is 0 Å². The molecule has 7 nitrogen and oxygen atoms in total. The van der Waals surface area contributed by atoms with Crippen LogP contribution >= 0.6 is 0 Å². The number of ether oxygens (including phenoxy) is 1. The first-order valence-corrected chi connectivity index (χ1v) is 5.07. The summed E-state index contributed by atoms with van der Waals surface area (Å²) in [7, 11) is 0. The molecule has 1 aliphatic rings. The molecule has 1 aromatic heterocycles. The molecule has 1 aliphatic carbocycles. The van der Waals surface area contributed by atoms with Crippen molar-refractivity contribution < 1.29 is 9.53 Å². The van der Waals surface area contributed by atoms with Crippen molar-refractivity contribution in [1.82, 2.24) is 14.9 Å². The van der Waals surface area contributed by atoms with Crippen molar-refractivity contribution in [1.29, 1.82) is 0 Å². The van der Waals surface area contributed by atoms with Crippen LogP contribution < -0.4 is 11.4 Å². The Labute approximate surface area is 91.2 Å². The second kappa shape index (κ2) is 3.92. The molecule has 0 aliphatic heterocycles. The molecule has 0 radical (unpaired) electrons. The maximum atomic E-state index is 11.7. The fourth-order valence-electron chi connectivity index (χ4n) is 1.36. The third-order valence-corrected chi connectivity index (χ3v) is 2.33. The molecule has 2 rings (SSSR count). The molecule has 7 heteroatoms. The van der Waals surface area contributed by atoms with Gasteiger partial charge in [0.15, 0.2) is 5.82 Å². The Morgan fingerprint density at radius 2 is 2.25 bits per heavy atom. The third-order valence-electron chi connectivity index (χ3n) is 2.33. The van der Waals surface area contributed by atoms with Gasteiger partial charge in [-0.05, 0) is 19.8 Å². The molecule has 1 aromatic rings. The van der Waals surface area contributed by atoms with E-state index in [-0.39, 0.29) is 18.2 Å². The van der Waals surface area contributed by atoms with Crippen molar-refractivity contribution in [2.24, 2.45) is 0 Å². The predicted molar refractivity (Wildman–Crippen MR) is 54.4 cm³/mol. The molecule has 0 aromatic carbocycles. The Kier molecular flexibility index (Phi) is 2.59. The predicted octanol–water partition coefficient (Wildman–Crippen LogP) is -0.594. The van der Waals surface area contributed by atoms with E-state index in [2.05, 4.69) is 14.9 Å². The standard InChI is InChI=1S/C9H12N4O3/c1-2-16-9(15)6-8(14)13(10)7(12-11-6)5-3-4-5/h5H,2-4,10H2,1H3. The van der Waals surface area contributed by atoms with Gasteiger partial charge in [0, 0.05) is 5.92 Å². The minimum absolute atomic E-state index is 0.175. The Morgan fingerprint density at radius 3 is 2.81 bits per heavy atom. The number of nitrogen functional groups attached to an aromatic ring is 1. The van der Waals surface area contributed by atoms with Gasteiger partial charge in [-0.25, -0.2) is 9.47 Å². The molecule has 86 valence electrons. The minimum atomic E-state index is -0.790. The summed E-state index contributed by atoms with van der Waals surface area (Å²) in [6.45, 7) is 1.82. The number of hydrogen-bond donors (Lipinski definition) is 1. The van der Waals surface area contributed by atoms with Gasteiger partial charge < -0.3 is 10.6 Å². The molecule has 0 atom stereocenters. The average molecular weight is 224 g/mol. The number of carbonyl (C=O) groups excluding carboxylic acids is 1.